The number of sulfone groups is 1. The first-order chi connectivity index (χ1) is 14.7. The summed E-state index contributed by atoms with van der Waals surface area (Å²) in [7, 11) is -0.0445. The number of aryl methyl sites for hydroxylation is 2. The number of carbonyl (C=O) groups is 1. The lowest BCUT2D eigenvalue weighted by molar-refractivity contribution is -0.136. The smallest absolute Gasteiger partial charge is 0.261 e. The number of benzene rings is 2. The maximum atomic E-state index is 13.2. The van der Waals surface area contributed by atoms with Crippen LogP contribution in [0.4, 0.5) is 0 Å². The number of hydrogen-bond donors (Lipinski definition) is 0. The molecule has 2 aromatic rings. The van der Waals surface area contributed by atoms with Crippen molar-refractivity contribution in [2.24, 2.45) is 0 Å². The molecule has 1 heterocycles. The number of para-hydroxylation sites is 1. The Bertz CT molecular complexity index is 1030. The molecule has 1 atom stereocenters. The Morgan fingerprint density at radius 3 is 2.32 bits per heavy atom. The molecule has 0 spiro atoms. The summed E-state index contributed by atoms with van der Waals surface area (Å²) in [5, 5.41) is 0. The molecule has 1 saturated heterocycles. The highest BCUT2D eigenvalue weighted by atomic mass is 32.2. The van der Waals surface area contributed by atoms with Gasteiger partial charge in [0.1, 0.15) is 5.75 Å². The molecule has 1 amide bonds. The van der Waals surface area contributed by atoms with Crippen molar-refractivity contribution in [1.29, 1.82) is 0 Å². The molecule has 1 aliphatic rings. The molecule has 0 unspecified atom stereocenters. The van der Waals surface area contributed by atoms with Gasteiger partial charge in [0.15, 0.2) is 27.9 Å². The summed E-state index contributed by atoms with van der Waals surface area (Å²) < 4.78 is 40.6. The lowest BCUT2D eigenvalue weighted by atomic mass is 10.1. The van der Waals surface area contributed by atoms with Crippen LogP contribution < -0.4 is 14.2 Å². The Labute approximate surface area is 183 Å². The van der Waals surface area contributed by atoms with E-state index in [9.17, 15) is 13.2 Å². The number of carbonyl (C=O) groups excluding carboxylic acids is 1. The van der Waals surface area contributed by atoms with Gasteiger partial charge in [-0.3, -0.25) is 4.79 Å². The zero-order chi connectivity index (χ0) is 22.6. The van der Waals surface area contributed by atoms with Crippen LogP contribution in [0.2, 0.25) is 0 Å². The van der Waals surface area contributed by atoms with Gasteiger partial charge in [-0.05, 0) is 49.1 Å². The van der Waals surface area contributed by atoms with Crippen molar-refractivity contribution in [3.05, 3.63) is 53.1 Å². The van der Waals surface area contributed by atoms with Crippen LogP contribution in [0.15, 0.2) is 36.4 Å². The van der Waals surface area contributed by atoms with Crippen LogP contribution in [-0.4, -0.2) is 57.6 Å². The van der Waals surface area contributed by atoms with Crippen LogP contribution in [0, 0.1) is 13.8 Å². The maximum Gasteiger partial charge on any atom is 0.261 e. The minimum absolute atomic E-state index is 0.0323. The SMILES string of the molecule is COc1ccc(CN(C(=O)COc2c(C)cccc2C)[C@H]2CCS(=O)(=O)C2)cc1OC. The average molecular weight is 448 g/mol. The second kappa shape index (κ2) is 9.60. The van der Waals surface area contributed by atoms with Crippen LogP contribution >= 0.6 is 0 Å². The minimum Gasteiger partial charge on any atom is -0.493 e. The summed E-state index contributed by atoms with van der Waals surface area (Å²) in [5.41, 5.74) is 2.72. The highest BCUT2D eigenvalue weighted by Crippen LogP contribution is 2.29. The fourth-order valence-corrected chi connectivity index (χ4v) is 5.59. The largest absolute Gasteiger partial charge is 0.493 e. The van der Waals surface area contributed by atoms with E-state index in [1.807, 2.05) is 38.1 Å². The number of nitrogens with zero attached hydrogens (tertiary/aromatic N) is 1. The molecule has 0 radical (unpaired) electrons. The van der Waals surface area contributed by atoms with Gasteiger partial charge in [-0.2, -0.15) is 0 Å². The third-order valence-corrected chi connectivity index (χ3v) is 7.27. The molecule has 3 rings (SSSR count). The second-order valence-corrected chi connectivity index (χ2v) is 10.0. The second-order valence-electron chi connectivity index (χ2n) is 7.78. The van der Waals surface area contributed by atoms with Gasteiger partial charge in [-0.15, -0.1) is 0 Å². The van der Waals surface area contributed by atoms with Crippen LogP contribution in [0.3, 0.4) is 0 Å². The zero-order valence-corrected chi connectivity index (χ0v) is 19.2. The van der Waals surface area contributed by atoms with Crippen molar-refractivity contribution in [3.63, 3.8) is 0 Å². The molecule has 168 valence electrons. The minimum atomic E-state index is -3.15. The Hall–Kier alpha value is -2.74. The Morgan fingerprint density at radius 2 is 1.74 bits per heavy atom. The summed E-state index contributed by atoms with van der Waals surface area (Å²) in [4.78, 5) is 14.8. The number of methoxy groups -OCH3 is 2. The molecule has 0 aromatic heterocycles. The van der Waals surface area contributed by atoms with Gasteiger partial charge < -0.3 is 19.1 Å². The van der Waals surface area contributed by atoms with E-state index in [2.05, 4.69) is 0 Å². The molecule has 7 nitrogen and oxygen atoms in total. The first-order valence-corrected chi connectivity index (χ1v) is 12.0. The number of amides is 1. The van der Waals surface area contributed by atoms with Gasteiger partial charge in [-0.1, -0.05) is 24.3 Å². The molecule has 0 N–H and O–H groups in total. The topological polar surface area (TPSA) is 82.1 Å². The van der Waals surface area contributed by atoms with Gasteiger partial charge in [0.05, 0.1) is 25.7 Å². The lowest BCUT2D eigenvalue weighted by Crippen LogP contribution is -2.43. The summed E-state index contributed by atoms with van der Waals surface area (Å²) in [6.45, 7) is 3.96. The molecule has 0 saturated carbocycles. The summed E-state index contributed by atoms with van der Waals surface area (Å²) >= 11 is 0. The third-order valence-electron chi connectivity index (χ3n) is 5.52. The first-order valence-electron chi connectivity index (χ1n) is 10.1. The average Bonchev–Trinajstić information content (AvgIpc) is 3.10. The molecule has 1 fully saturated rings. The molecule has 0 bridgehead atoms. The Balaban J connectivity index is 1.82. The van der Waals surface area contributed by atoms with Crippen molar-refractivity contribution in [3.8, 4) is 17.2 Å². The van der Waals surface area contributed by atoms with Crippen molar-refractivity contribution >= 4 is 15.7 Å². The Morgan fingerprint density at radius 1 is 1.06 bits per heavy atom. The fraction of sp³-hybridized carbons (Fsp3) is 0.435. The van der Waals surface area contributed by atoms with E-state index in [1.54, 1.807) is 31.3 Å². The van der Waals surface area contributed by atoms with Crippen LogP contribution in [0.5, 0.6) is 17.2 Å². The summed E-state index contributed by atoms with van der Waals surface area (Å²) in [6, 6.07) is 10.8. The zero-order valence-electron chi connectivity index (χ0n) is 18.4. The predicted molar refractivity (Wildman–Crippen MR) is 119 cm³/mol. The van der Waals surface area contributed by atoms with Crippen LogP contribution in [0.25, 0.3) is 0 Å². The fourth-order valence-electron chi connectivity index (χ4n) is 3.86. The summed E-state index contributed by atoms with van der Waals surface area (Å²) in [5.74, 6) is 1.63. The molecule has 8 heteroatoms. The quantitative estimate of drug-likeness (QED) is 0.619. The van der Waals surface area contributed by atoms with E-state index in [1.165, 1.54) is 0 Å². The van der Waals surface area contributed by atoms with E-state index >= 15 is 0 Å². The Kier molecular flexibility index (Phi) is 7.10. The maximum absolute atomic E-state index is 13.2. The van der Waals surface area contributed by atoms with Gasteiger partial charge >= 0.3 is 0 Å². The number of ether oxygens (including phenoxy) is 3. The van der Waals surface area contributed by atoms with Gasteiger partial charge in [-0.25, -0.2) is 8.42 Å². The number of hydrogen-bond acceptors (Lipinski definition) is 6. The molecule has 0 aliphatic carbocycles. The standard InChI is InChI=1S/C23H29NO6S/c1-16-6-5-7-17(2)23(16)30-14-22(25)24(19-10-11-31(26,27)15-19)13-18-8-9-20(28-3)21(12-18)29-4/h5-9,12,19H,10-11,13-15H2,1-4H3/t19-/m0/s1. The highest BCUT2D eigenvalue weighted by molar-refractivity contribution is 7.91. The highest BCUT2D eigenvalue weighted by Gasteiger charge is 2.35. The molecular formula is C23H29NO6S. The van der Waals surface area contributed by atoms with Crippen molar-refractivity contribution in [2.45, 2.75) is 32.9 Å². The lowest BCUT2D eigenvalue weighted by Gasteiger charge is -2.29. The molecule has 31 heavy (non-hydrogen) atoms. The normalized spacial score (nSPS) is 17.2. The molecule has 1 aliphatic heterocycles. The summed E-state index contributed by atoms with van der Waals surface area (Å²) in [6.07, 6.45) is 0.421. The van der Waals surface area contributed by atoms with E-state index < -0.39 is 9.84 Å². The van der Waals surface area contributed by atoms with Crippen molar-refractivity contribution in [2.75, 3.05) is 32.3 Å². The van der Waals surface area contributed by atoms with E-state index in [-0.39, 0.29) is 36.6 Å². The number of rotatable bonds is 8. The third kappa shape index (κ3) is 5.50. The van der Waals surface area contributed by atoms with Gasteiger partial charge in [0.2, 0.25) is 0 Å². The monoisotopic (exact) mass is 447 g/mol. The van der Waals surface area contributed by atoms with Crippen LogP contribution in [0.1, 0.15) is 23.1 Å². The van der Waals surface area contributed by atoms with E-state index in [0.29, 0.717) is 23.7 Å². The van der Waals surface area contributed by atoms with Crippen molar-refractivity contribution in [1.82, 2.24) is 4.90 Å². The van der Waals surface area contributed by atoms with E-state index in [0.717, 1.165) is 16.7 Å². The predicted octanol–water partition coefficient (Wildman–Crippen LogP) is 2.92. The van der Waals surface area contributed by atoms with Gasteiger partial charge in [0.25, 0.3) is 5.91 Å². The first kappa shape index (κ1) is 22.9. The molecule has 2 aromatic carbocycles. The van der Waals surface area contributed by atoms with Gasteiger partial charge in [0, 0.05) is 12.6 Å². The van der Waals surface area contributed by atoms with Crippen LogP contribution in [-0.2, 0) is 21.2 Å². The van der Waals surface area contributed by atoms with Crippen molar-refractivity contribution < 1.29 is 27.4 Å². The van der Waals surface area contributed by atoms with E-state index in [4.69, 9.17) is 14.2 Å². The molecular weight excluding hydrogens is 418 g/mol.